The minimum atomic E-state index is -0.511. The molecule has 1 aliphatic heterocycles. The van der Waals surface area contributed by atoms with Crippen molar-refractivity contribution < 1.29 is 28.5 Å². The third-order valence-electron chi connectivity index (χ3n) is 5.13. The summed E-state index contributed by atoms with van der Waals surface area (Å²) < 4.78 is 22.2. The Labute approximate surface area is 207 Å². The van der Waals surface area contributed by atoms with E-state index in [4.69, 9.17) is 30.5 Å². The molecule has 3 aromatic carbocycles. The Morgan fingerprint density at radius 2 is 1.51 bits per heavy atom. The van der Waals surface area contributed by atoms with Crippen LogP contribution in [0.4, 0.5) is 5.69 Å². The second kappa shape index (κ2) is 10.8. The van der Waals surface area contributed by atoms with E-state index >= 15 is 0 Å². The molecule has 1 heterocycles. The number of nitrogens with one attached hydrogen (secondary N) is 1. The van der Waals surface area contributed by atoms with Gasteiger partial charge in [-0.15, -0.1) is 0 Å². The van der Waals surface area contributed by atoms with Crippen LogP contribution in [0.5, 0.6) is 23.0 Å². The van der Waals surface area contributed by atoms with E-state index in [1.54, 1.807) is 55.6 Å². The van der Waals surface area contributed by atoms with Gasteiger partial charge in [-0.25, -0.2) is 5.01 Å². The normalized spacial score (nSPS) is 14.1. The maximum Gasteiger partial charge on any atom is 0.282 e. The number of carbonyl (C=O) groups is 2. The van der Waals surface area contributed by atoms with E-state index in [1.807, 2.05) is 18.2 Å². The van der Waals surface area contributed by atoms with Gasteiger partial charge in [-0.1, -0.05) is 41.9 Å². The van der Waals surface area contributed by atoms with E-state index in [2.05, 4.69) is 5.43 Å². The molecule has 4 rings (SSSR count). The lowest BCUT2D eigenvalue weighted by Crippen LogP contribution is -2.35. The summed E-state index contributed by atoms with van der Waals surface area (Å²) in [6.45, 7) is 0.442. The topological polar surface area (TPSA) is 86.3 Å². The molecule has 3 aromatic rings. The fourth-order valence-electron chi connectivity index (χ4n) is 3.48. The molecule has 2 amide bonds. The molecule has 35 heavy (non-hydrogen) atoms. The summed E-state index contributed by atoms with van der Waals surface area (Å²) >= 11 is 6.45. The van der Waals surface area contributed by atoms with Crippen molar-refractivity contribution >= 4 is 35.2 Å². The van der Waals surface area contributed by atoms with E-state index in [0.717, 1.165) is 0 Å². The van der Waals surface area contributed by atoms with Gasteiger partial charge in [0.25, 0.3) is 11.8 Å². The molecule has 0 spiro atoms. The van der Waals surface area contributed by atoms with Gasteiger partial charge in [-0.2, -0.15) is 0 Å². The fraction of sp³-hybridized carbons (Fsp3) is 0.154. The Morgan fingerprint density at radius 1 is 0.857 bits per heavy atom. The summed E-state index contributed by atoms with van der Waals surface area (Å²) in [5, 5.41) is 1.46. The number of carbonyl (C=O) groups excluding carboxylic acids is 2. The highest BCUT2D eigenvalue weighted by molar-refractivity contribution is 6.33. The molecular formula is C26H23ClN2O6. The quantitative estimate of drug-likeness (QED) is 0.271. The molecule has 9 heteroatoms. The van der Waals surface area contributed by atoms with Crippen LogP contribution < -0.4 is 29.4 Å². The maximum atomic E-state index is 12.8. The van der Waals surface area contributed by atoms with Crippen LogP contribution in [0.2, 0.25) is 5.02 Å². The van der Waals surface area contributed by atoms with Crippen molar-refractivity contribution in [3.63, 3.8) is 0 Å². The number of benzene rings is 3. The second-order valence-electron chi connectivity index (χ2n) is 7.36. The van der Waals surface area contributed by atoms with Crippen LogP contribution in [-0.2, 0) is 9.59 Å². The SMILES string of the molecule is COc1ccccc1OCCOc1c(Cl)cc(/C=C2\C(=O)NN(c3ccccc3)C2=O)cc1OC. The second-order valence-corrected chi connectivity index (χ2v) is 7.76. The first-order valence-corrected chi connectivity index (χ1v) is 11.1. The molecule has 0 atom stereocenters. The number of hydrogen-bond donors (Lipinski definition) is 1. The molecule has 1 N–H and O–H groups in total. The van der Waals surface area contributed by atoms with Crippen molar-refractivity contribution in [1.29, 1.82) is 0 Å². The Bertz CT molecular complexity index is 1260. The zero-order valence-corrected chi connectivity index (χ0v) is 19.9. The Morgan fingerprint density at radius 3 is 2.23 bits per heavy atom. The number of nitrogens with zero attached hydrogens (tertiary/aromatic N) is 1. The molecule has 1 fully saturated rings. The van der Waals surface area contributed by atoms with Gasteiger partial charge in [0, 0.05) is 0 Å². The van der Waals surface area contributed by atoms with Crippen LogP contribution in [0, 0.1) is 0 Å². The van der Waals surface area contributed by atoms with Crippen LogP contribution in [0.1, 0.15) is 5.56 Å². The highest BCUT2D eigenvalue weighted by Crippen LogP contribution is 2.37. The summed E-state index contributed by atoms with van der Waals surface area (Å²) in [6.07, 6.45) is 1.46. The van der Waals surface area contributed by atoms with Gasteiger partial charge in [-0.05, 0) is 48.0 Å². The largest absolute Gasteiger partial charge is 0.493 e. The Kier molecular flexibility index (Phi) is 7.42. The number of methoxy groups -OCH3 is 2. The molecule has 0 aliphatic carbocycles. The molecular weight excluding hydrogens is 472 g/mol. The van der Waals surface area contributed by atoms with Crippen LogP contribution in [-0.4, -0.2) is 39.2 Å². The first kappa shape index (κ1) is 24.0. The first-order chi connectivity index (χ1) is 17.0. The lowest BCUT2D eigenvalue weighted by Gasteiger charge is -2.15. The number of ether oxygens (including phenoxy) is 4. The standard InChI is InChI=1S/C26H23ClN2O6/c1-32-21-10-6-7-11-22(21)34-12-13-35-24-20(27)15-17(16-23(24)33-2)14-19-25(30)28-29(26(19)31)18-8-4-3-5-9-18/h3-11,14-16H,12-13H2,1-2H3,(H,28,30)/b19-14+. The van der Waals surface area contributed by atoms with Gasteiger partial charge < -0.3 is 18.9 Å². The van der Waals surface area contributed by atoms with Crippen molar-refractivity contribution in [2.45, 2.75) is 0 Å². The van der Waals surface area contributed by atoms with Crippen LogP contribution in [0.15, 0.2) is 72.3 Å². The van der Waals surface area contributed by atoms with E-state index in [9.17, 15) is 9.59 Å². The Balaban J connectivity index is 1.47. The van der Waals surface area contributed by atoms with Crippen LogP contribution in [0.3, 0.4) is 0 Å². The smallest absolute Gasteiger partial charge is 0.282 e. The number of halogens is 1. The van der Waals surface area contributed by atoms with Gasteiger partial charge in [0.05, 0.1) is 24.9 Å². The Hall–Kier alpha value is -4.17. The van der Waals surface area contributed by atoms with Gasteiger partial charge in [0.15, 0.2) is 23.0 Å². The van der Waals surface area contributed by atoms with Gasteiger partial charge in [-0.3, -0.25) is 15.0 Å². The maximum absolute atomic E-state index is 12.8. The summed E-state index contributed by atoms with van der Waals surface area (Å²) in [5.41, 5.74) is 3.61. The van der Waals surface area contributed by atoms with Crippen molar-refractivity contribution in [2.24, 2.45) is 0 Å². The van der Waals surface area contributed by atoms with Crippen LogP contribution in [0.25, 0.3) is 6.08 Å². The van der Waals surface area contributed by atoms with Gasteiger partial charge in [0.2, 0.25) is 0 Å². The van der Waals surface area contributed by atoms with Crippen LogP contribution >= 0.6 is 11.6 Å². The number of para-hydroxylation sites is 3. The molecule has 1 aliphatic rings. The summed E-state index contributed by atoms with van der Waals surface area (Å²) in [5.74, 6) is 0.924. The molecule has 0 radical (unpaired) electrons. The minimum absolute atomic E-state index is 0.0224. The van der Waals surface area contributed by atoms with E-state index in [0.29, 0.717) is 34.2 Å². The van der Waals surface area contributed by atoms with Crippen molar-refractivity contribution in [2.75, 3.05) is 32.4 Å². The predicted molar refractivity (Wildman–Crippen MR) is 132 cm³/mol. The van der Waals surface area contributed by atoms with E-state index in [1.165, 1.54) is 18.2 Å². The van der Waals surface area contributed by atoms with Crippen molar-refractivity contribution in [3.05, 3.63) is 82.9 Å². The third-order valence-corrected chi connectivity index (χ3v) is 5.41. The number of hydrazine groups is 1. The summed E-state index contributed by atoms with van der Waals surface area (Å²) in [7, 11) is 3.05. The van der Waals surface area contributed by atoms with Gasteiger partial charge in [0.1, 0.15) is 18.8 Å². The monoisotopic (exact) mass is 494 g/mol. The highest BCUT2D eigenvalue weighted by Gasteiger charge is 2.34. The molecule has 0 unspecified atom stereocenters. The molecule has 180 valence electrons. The average molecular weight is 495 g/mol. The lowest BCUT2D eigenvalue weighted by molar-refractivity contribution is -0.117. The molecule has 0 saturated carbocycles. The zero-order valence-electron chi connectivity index (χ0n) is 19.1. The van der Waals surface area contributed by atoms with Crippen molar-refractivity contribution in [1.82, 2.24) is 5.43 Å². The van der Waals surface area contributed by atoms with Gasteiger partial charge >= 0.3 is 0 Å². The number of amides is 2. The first-order valence-electron chi connectivity index (χ1n) is 10.7. The van der Waals surface area contributed by atoms with Crippen molar-refractivity contribution in [3.8, 4) is 23.0 Å². The van der Waals surface area contributed by atoms with E-state index in [-0.39, 0.29) is 23.8 Å². The minimum Gasteiger partial charge on any atom is -0.493 e. The number of anilines is 1. The molecule has 8 nitrogen and oxygen atoms in total. The van der Waals surface area contributed by atoms with E-state index < -0.39 is 11.8 Å². The molecule has 0 aromatic heterocycles. The zero-order chi connectivity index (χ0) is 24.8. The lowest BCUT2D eigenvalue weighted by atomic mass is 10.1. The number of rotatable bonds is 9. The third kappa shape index (κ3) is 5.33. The number of hydrogen-bond acceptors (Lipinski definition) is 6. The summed E-state index contributed by atoms with van der Waals surface area (Å²) in [6, 6.07) is 19.4. The fourth-order valence-corrected chi connectivity index (χ4v) is 3.75. The molecule has 1 saturated heterocycles. The predicted octanol–water partition coefficient (Wildman–Crippen LogP) is 4.28. The summed E-state index contributed by atoms with van der Waals surface area (Å²) in [4.78, 5) is 25.3. The average Bonchev–Trinajstić information content (AvgIpc) is 3.16. The molecule has 0 bridgehead atoms. The highest BCUT2D eigenvalue weighted by atomic mass is 35.5.